The van der Waals surface area contributed by atoms with Crippen LogP contribution in [0.5, 0.6) is 17.2 Å². The van der Waals surface area contributed by atoms with Gasteiger partial charge in [0.1, 0.15) is 4.47 Å². The highest BCUT2D eigenvalue weighted by molar-refractivity contribution is 9.10. The number of aromatic hydroxyl groups is 2. The summed E-state index contributed by atoms with van der Waals surface area (Å²) in [5.41, 5.74) is 0. The molecule has 1 aromatic rings. The molecule has 0 aliphatic heterocycles. The van der Waals surface area contributed by atoms with E-state index in [2.05, 4.69) is 20.7 Å². The van der Waals surface area contributed by atoms with Gasteiger partial charge in [-0.2, -0.15) is 0 Å². The van der Waals surface area contributed by atoms with Crippen LogP contribution in [0.1, 0.15) is 0 Å². The Morgan fingerprint density at radius 1 is 1.50 bits per heavy atom. The molecule has 66 valence electrons. The average molecular weight is 237 g/mol. The maximum Gasteiger partial charge on any atom is 0.183 e. The van der Waals surface area contributed by atoms with Gasteiger partial charge in [-0.1, -0.05) is 0 Å². The molecule has 0 radical (unpaired) electrons. The quantitative estimate of drug-likeness (QED) is 0.734. The molecule has 1 aromatic carbocycles. The monoisotopic (exact) mass is 236 g/mol. The summed E-state index contributed by atoms with van der Waals surface area (Å²) in [6.45, 7) is 0. The topological polar surface area (TPSA) is 49.7 Å². The van der Waals surface area contributed by atoms with Crippen LogP contribution in [0.3, 0.4) is 0 Å². The summed E-state index contributed by atoms with van der Waals surface area (Å²) >= 11 is 2.76. The van der Waals surface area contributed by atoms with Crippen molar-refractivity contribution in [3.8, 4) is 17.2 Å². The Morgan fingerprint density at radius 3 is 2.58 bits per heavy atom. The second-order valence-electron chi connectivity index (χ2n) is 2.07. The first-order valence-corrected chi connectivity index (χ1v) is 3.81. The van der Waals surface area contributed by atoms with E-state index in [0.29, 0.717) is 0 Å². The van der Waals surface area contributed by atoms with Crippen molar-refractivity contribution < 1.29 is 19.3 Å². The molecule has 0 amide bonds. The minimum absolute atomic E-state index is 0.128. The highest BCUT2D eigenvalue weighted by atomic mass is 79.9. The highest BCUT2D eigenvalue weighted by Crippen LogP contribution is 2.40. The molecule has 0 bridgehead atoms. The molecule has 0 spiro atoms. The van der Waals surface area contributed by atoms with Crippen molar-refractivity contribution in [3.63, 3.8) is 0 Å². The van der Waals surface area contributed by atoms with E-state index in [1.165, 1.54) is 7.11 Å². The van der Waals surface area contributed by atoms with Gasteiger partial charge in [0, 0.05) is 6.07 Å². The van der Waals surface area contributed by atoms with E-state index in [0.717, 1.165) is 6.07 Å². The molecule has 12 heavy (non-hydrogen) atoms. The number of ether oxygens (including phenoxy) is 1. The molecule has 0 fully saturated rings. The van der Waals surface area contributed by atoms with Crippen molar-refractivity contribution in [3.05, 3.63) is 16.4 Å². The van der Waals surface area contributed by atoms with Crippen molar-refractivity contribution in [1.82, 2.24) is 0 Å². The van der Waals surface area contributed by atoms with Gasteiger partial charge in [0.2, 0.25) is 0 Å². The second kappa shape index (κ2) is 3.18. The summed E-state index contributed by atoms with van der Waals surface area (Å²) in [6, 6.07) is 0.995. The molecule has 0 aliphatic carbocycles. The zero-order valence-electron chi connectivity index (χ0n) is 6.14. The lowest BCUT2D eigenvalue weighted by Crippen LogP contribution is -1.89. The molecule has 0 saturated carbocycles. The van der Waals surface area contributed by atoms with E-state index in [9.17, 15) is 4.39 Å². The van der Waals surface area contributed by atoms with Crippen molar-refractivity contribution >= 4 is 15.9 Å². The maximum atomic E-state index is 13.0. The standard InChI is InChI=1S/C7H6BrFO3/c1-12-4-2-3(10)7(11)5(8)6(4)9/h2,10-11H,1H3. The molecule has 2 N–H and O–H groups in total. The van der Waals surface area contributed by atoms with Crippen LogP contribution in [-0.2, 0) is 0 Å². The van der Waals surface area contributed by atoms with E-state index in [1.54, 1.807) is 0 Å². The molecule has 5 heteroatoms. The minimum atomic E-state index is -0.743. The molecule has 0 unspecified atom stereocenters. The first kappa shape index (κ1) is 9.12. The largest absolute Gasteiger partial charge is 0.504 e. The number of phenolic OH excluding ortho intramolecular Hbond substituents is 2. The van der Waals surface area contributed by atoms with E-state index in [-0.39, 0.29) is 10.2 Å². The van der Waals surface area contributed by atoms with E-state index in [1.807, 2.05) is 0 Å². The fraction of sp³-hybridized carbons (Fsp3) is 0.143. The predicted molar refractivity (Wildman–Crippen MR) is 44.0 cm³/mol. The van der Waals surface area contributed by atoms with Crippen LogP contribution in [-0.4, -0.2) is 17.3 Å². The Bertz CT molecular complexity index is 314. The molecule has 0 saturated heterocycles. The van der Waals surface area contributed by atoms with Crippen LogP contribution in [0.15, 0.2) is 10.5 Å². The number of benzene rings is 1. The summed E-state index contributed by atoms with van der Waals surface area (Å²) < 4.78 is 17.4. The number of methoxy groups -OCH3 is 1. The van der Waals surface area contributed by atoms with Gasteiger partial charge in [-0.05, 0) is 15.9 Å². The smallest absolute Gasteiger partial charge is 0.183 e. The van der Waals surface area contributed by atoms with Crippen molar-refractivity contribution in [2.75, 3.05) is 7.11 Å². The van der Waals surface area contributed by atoms with Crippen LogP contribution < -0.4 is 4.74 Å². The number of phenols is 2. The van der Waals surface area contributed by atoms with Gasteiger partial charge in [0.25, 0.3) is 0 Å². The van der Waals surface area contributed by atoms with Crippen LogP contribution in [0.25, 0.3) is 0 Å². The minimum Gasteiger partial charge on any atom is -0.504 e. The van der Waals surface area contributed by atoms with Crippen LogP contribution in [0, 0.1) is 5.82 Å². The molecular weight excluding hydrogens is 231 g/mol. The molecule has 3 nitrogen and oxygen atoms in total. The normalized spacial score (nSPS) is 9.92. The SMILES string of the molecule is COc1cc(O)c(O)c(Br)c1F. The average Bonchev–Trinajstić information content (AvgIpc) is 2.08. The summed E-state index contributed by atoms with van der Waals surface area (Å²) in [7, 11) is 1.27. The highest BCUT2D eigenvalue weighted by Gasteiger charge is 2.15. The van der Waals surface area contributed by atoms with Gasteiger partial charge in [-0.25, -0.2) is 4.39 Å². The van der Waals surface area contributed by atoms with Crippen LogP contribution in [0.2, 0.25) is 0 Å². The van der Waals surface area contributed by atoms with Gasteiger partial charge in [-0.15, -0.1) is 0 Å². The van der Waals surface area contributed by atoms with Crippen molar-refractivity contribution in [2.45, 2.75) is 0 Å². The third-order valence-electron chi connectivity index (χ3n) is 1.35. The second-order valence-corrected chi connectivity index (χ2v) is 2.87. The predicted octanol–water partition coefficient (Wildman–Crippen LogP) is 2.01. The molecular formula is C7H6BrFO3. The van der Waals surface area contributed by atoms with Gasteiger partial charge >= 0.3 is 0 Å². The first-order chi connectivity index (χ1) is 5.57. The van der Waals surface area contributed by atoms with Gasteiger partial charge in [-0.3, -0.25) is 0 Å². The van der Waals surface area contributed by atoms with Gasteiger partial charge < -0.3 is 14.9 Å². The number of halogens is 2. The fourth-order valence-corrected chi connectivity index (χ4v) is 1.13. The van der Waals surface area contributed by atoms with E-state index in [4.69, 9.17) is 10.2 Å². The van der Waals surface area contributed by atoms with E-state index < -0.39 is 17.3 Å². The molecule has 1 rings (SSSR count). The molecule has 0 aromatic heterocycles. The lowest BCUT2D eigenvalue weighted by atomic mass is 10.3. The number of hydrogen-bond acceptors (Lipinski definition) is 3. The van der Waals surface area contributed by atoms with Crippen molar-refractivity contribution in [1.29, 1.82) is 0 Å². The number of rotatable bonds is 1. The Kier molecular flexibility index (Phi) is 2.42. The van der Waals surface area contributed by atoms with Gasteiger partial charge in [0.05, 0.1) is 7.11 Å². The summed E-state index contributed by atoms with van der Waals surface area (Å²) in [4.78, 5) is 0. The molecule has 0 atom stereocenters. The van der Waals surface area contributed by atoms with Crippen LogP contribution >= 0.6 is 15.9 Å². The van der Waals surface area contributed by atoms with Gasteiger partial charge in [0.15, 0.2) is 23.1 Å². The zero-order chi connectivity index (χ0) is 9.30. The Morgan fingerprint density at radius 2 is 2.08 bits per heavy atom. The Labute approximate surface area is 76.5 Å². The van der Waals surface area contributed by atoms with Crippen LogP contribution in [0.4, 0.5) is 4.39 Å². The Hall–Kier alpha value is -0.970. The lowest BCUT2D eigenvalue weighted by molar-refractivity contribution is 0.361. The Balaban J connectivity index is 3.39. The third kappa shape index (κ3) is 1.32. The summed E-state index contributed by atoms with van der Waals surface area (Å²) in [6.07, 6.45) is 0. The molecule has 0 heterocycles. The van der Waals surface area contributed by atoms with E-state index >= 15 is 0 Å². The third-order valence-corrected chi connectivity index (χ3v) is 2.07. The fourth-order valence-electron chi connectivity index (χ4n) is 0.729. The molecule has 0 aliphatic rings. The summed E-state index contributed by atoms with van der Waals surface area (Å²) in [5, 5.41) is 18.0. The first-order valence-electron chi connectivity index (χ1n) is 3.01. The lowest BCUT2D eigenvalue weighted by Gasteiger charge is -2.06. The van der Waals surface area contributed by atoms with Crippen molar-refractivity contribution in [2.24, 2.45) is 0 Å². The maximum absolute atomic E-state index is 13.0. The summed E-state index contributed by atoms with van der Waals surface area (Å²) in [5.74, 6) is -1.83. The zero-order valence-corrected chi connectivity index (χ0v) is 7.72. The number of hydrogen-bond donors (Lipinski definition) is 2.